The number of rotatable bonds is 9. The van der Waals surface area contributed by atoms with Gasteiger partial charge in [-0.1, -0.05) is 11.2 Å². The first-order valence-electron chi connectivity index (χ1n) is 11.5. The molecule has 1 fully saturated rings. The fourth-order valence-electron chi connectivity index (χ4n) is 3.07. The number of amides is 2. The van der Waals surface area contributed by atoms with Gasteiger partial charge in [-0.2, -0.15) is 4.98 Å². The van der Waals surface area contributed by atoms with Crippen LogP contribution in [0.3, 0.4) is 0 Å². The van der Waals surface area contributed by atoms with E-state index in [0.29, 0.717) is 11.3 Å². The van der Waals surface area contributed by atoms with Crippen molar-refractivity contribution in [2.24, 2.45) is 5.92 Å². The quantitative estimate of drug-likeness (QED) is 0.440. The van der Waals surface area contributed by atoms with Crippen molar-refractivity contribution in [3.05, 3.63) is 35.9 Å². The van der Waals surface area contributed by atoms with Gasteiger partial charge in [0.15, 0.2) is 17.3 Å². The Bertz CT molecular complexity index is 1280. The molecule has 0 spiro atoms. The van der Waals surface area contributed by atoms with Gasteiger partial charge in [0, 0.05) is 23.1 Å². The molecule has 172 valence electrons. The number of halogens is 1. The molecule has 1 aliphatic rings. The highest BCUT2D eigenvalue weighted by molar-refractivity contribution is 6.00. The van der Waals surface area contributed by atoms with Crippen LogP contribution >= 0.6 is 0 Å². The van der Waals surface area contributed by atoms with Crippen molar-refractivity contribution in [1.82, 2.24) is 25.7 Å². The molecule has 1 saturated carbocycles. The summed E-state index contributed by atoms with van der Waals surface area (Å²) >= 11 is 0. The maximum Gasteiger partial charge on any atom is 0.273 e. The van der Waals surface area contributed by atoms with Gasteiger partial charge in [-0.15, -0.1) is 10.2 Å². The molecular formula is C21H22FN7O4. The van der Waals surface area contributed by atoms with Crippen LogP contribution in [0.25, 0.3) is 11.4 Å². The lowest BCUT2D eigenvalue weighted by molar-refractivity contribution is -0.117. The van der Waals surface area contributed by atoms with Crippen molar-refractivity contribution in [1.29, 1.82) is 0 Å². The third kappa shape index (κ3) is 4.89. The Hall–Kier alpha value is -4.09. The monoisotopic (exact) mass is 458 g/mol. The number of hydrogen-bond donors (Lipinski definition) is 3. The van der Waals surface area contributed by atoms with E-state index >= 15 is 0 Å². The number of nitrogens with zero attached hydrogens (tertiary/aromatic N) is 4. The van der Waals surface area contributed by atoms with Crippen molar-refractivity contribution < 1.29 is 27.4 Å². The van der Waals surface area contributed by atoms with Gasteiger partial charge < -0.3 is 25.2 Å². The van der Waals surface area contributed by atoms with E-state index in [2.05, 4.69) is 31.0 Å². The summed E-state index contributed by atoms with van der Waals surface area (Å²) in [5.41, 5.74) is 0.476. The summed E-state index contributed by atoms with van der Waals surface area (Å²) in [6, 6.07) is 6.29. The topological polar surface area (TPSA) is 144 Å². The Kier molecular flexibility index (Phi) is 5.37. The highest BCUT2D eigenvalue weighted by Gasteiger charge is 2.30. The molecule has 11 nitrogen and oxygen atoms in total. The van der Waals surface area contributed by atoms with E-state index < -0.39 is 19.6 Å². The van der Waals surface area contributed by atoms with Gasteiger partial charge in [-0.25, -0.2) is 0 Å². The standard InChI is InChI=1S/C21H22FN7O4/c1-23-21(31)17-14(10-15(27-28-17)25-20(30)11-6-7-11)24-13-5-3-4-12(18(13)32-2)19-26-16(8-9-22)33-29-19/h3-5,10-11H,6-9H2,1-2H3,(H,23,31)(H2,24,25,27,30)/i1D3. The molecule has 33 heavy (non-hydrogen) atoms. The number of carbonyl (C=O) groups is 2. The van der Waals surface area contributed by atoms with Crippen LogP contribution in [0.5, 0.6) is 5.75 Å². The Morgan fingerprint density at radius 3 is 2.88 bits per heavy atom. The van der Waals surface area contributed by atoms with E-state index in [1.165, 1.54) is 13.2 Å². The highest BCUT2D eigenvalue weighted by Crippen LogP contribution is 2.37. The minimum atomic E-state index is -2.76. The molecule has 4 rings (SSSR count). The molecule has 1 aromatic carbocycles. The molecule has 12 heteroatoms. The average molecular weight is 458 g/mol. The summed E-state index contributed by atoms with van der Waals surface area (Å²) in [4.78, 5) is 29.0. The first-order chi connectivity index (χ1) is 17.2. The van der Waals surface area contributed by atoms with Crippen LogP contribution < -0.4 is 20.7 Å². The lowest BCUT2D eigenvalue weighted by Gasteiger charge is -2.16. The minimum Gasteiger partial charge on any atom is -0.494 e. The molecule has 2 amide bonds. The third-order valence-electron chi connectivity index (χ3n) is 4.83. The van der Waals surface area contributed by atoms with Crippen molar-refractivity contribution in [3.63, 3.8) is 0 Å². The van der Waals surface area contributed by atoms with Gasteiger partial charge in [0.1, 0.15) is 0 Å². The lowest BCUT2D eigenvalue weighted by Crippen LogP contribution is -2.22. The fourth-order valence-corrected chi connectivity index (χ4v) is 3.07. The van der Waals surface area contributed by atoms with Crippen molar-refractivity contribution in [2.45, 2.75) is 19.3 Å². The van der Waals surface area contributed by atoms with Gasteiger partial charge in [0.2, 0.25) is 17.6 Å². The number of ether oxygens (including phenoxy) is 1. The predicted octanol–water partition coefficient (Wildman–Crippen LogP) is 2.50. The zero-order chi connectivity index (χ0) is 25.9. The maximum absolute atomic E-state index is 12.6. The normalized spacial score (nSPS) is 14.5. The third-order valence-corrected chi connectivity index (χ3v) is 4.83. The number of aromatic nitrogens is 4. The number of para-hydroxylation sites is 1. The van der Waals surface area contributed by atoms with Crippen molar-refractivity contribution >= 4 is 29.0 Å². The van der Waals surface area contributed by atoms with Crippen LogP contribution in [0.2, 0.25) is 0 Å². The summed E-state index contributed by atoms with van der Waals surface area (Å²) in [6.45, 7) is -3.42. The molecule has 0 saturated heterocycles. The number of hydrogen-bond acceptors (Lipinski definition) is 9. The van der Waals surface area contributed by atoms with Gasteiger partial charge in [0.05, 0.1) is 37.1 Å². The highest BCUT2D eigenvalue weighted by atomic mass is 19.1. The average Bonchev–Trinajstić information content (AvgIpc) is 3.57. The number of aryl methyl sites for hydroxylation is 1. The van der Waals surface area contributed by atoms with Crippen molar-refractivity contribution in [3.8, 4) is 17.1 Å². The Morgan fingerprint density at radius 2 is 2.15 bits per heavy atom. The molecule has 0 radical (unpaired) electrons. The second kappa shape index (κ2) is 9.59. The number of anilines is 3. The summed E-state index contributed by atoms with van der Waals surface area (Å²) in [5.74, 6) is -0.729. The largest absolute Gasteiger partial charge is 0.494 e. The smallest absolute Gasteiger partial charge is 0.273 e. The summed E-state index contributed by atoms with van der Waals surface area (Å²) in [6.07, 6.45) is 1.51. The summed E-state index contributed by atoms with van der Waals surface area (Å²) < 4.78 is 45.2. The second-order valence-electron chi connectivity index (χ2n) is 7.17. The van der Waals surface area contributed by atoms with Crippen molar-refractivity contribution in [2.75, 3.05) is 31.4 Å². The Labute approximate surface area is 192 Å². The fraction of sp³-hybridized carbons (Fsp3) is 0.333. The molecule has 0 bridgehead atoms. The van der Waals surface area contributed by atoms with Gasteiger partial charge >= 0.3 is 0 Å². The molecule has 2 heterocycles. The number of carbonyl (C=O) groups excluding carboxylic acids is 2. The molecule has 0 aliphatic heterocycles. The number of methoxy groups -OCH3 is 1. The summed E-state index contributed by atoms with van der Waals surface area (Å²) in [5, 5.41) is 19.0. The van der Waals surface area contributed by atoms with Crippen LogP contribution in [-0.4, -0.2) is 52.9 Å². The minimum absolute atomic E-state index is 0.0345. The van der Waals surface area contributed by atoms with Crippen LogP contribution in [0, 0.1) is 5.92 Å². The zero-order valence-electron chi connectivity index (χ0n) is 20.5. The zero-order valence-corrected chi connectivity index (χ0v) is 17.5. The maximum atomic E-state index is 12.6. The van der Waals surface area contributed by atoms with Gasteiger partial charge in [0.25, 0.3) is 5.91 Å². The van der Waals surface area contributed by atoms with Crippen LogP contribution in [-0.2, 0) is 11.2 Å². The van der Waals surface area contributed by atoms with E-state index in [1.54, 1.807) is 18.2 Å². The molecular weight excluding hydrogens is 433 g/mol. The Morgan fingerprint density at radius 1 is 1.30 bits per heavy atom. The lowest BCUT2D eigenvalue weighted by atomic mass is 10.1. The number of nitrogens with one attached hydrogen (secondary N) is 3. The van der Waals surface area contributed by atoms with Gasteiger partial charge in [-0.3, -0.25) is 14.0 Å². The summed E-state index contributed by atoms with van der Waals surface area (Å²) in [7, 11) is 1.40. The predicted molar refractivity (Wildman–Crippen MR) is 116 cm³/mol. The van der Waals surface area contributed by atoms with E-state index in [4.69, 9.17) is 13.4 Å². The number of benzene rings is 1. The van der Waals surface area contributed by atoms with Crippen LogP contribution in [0.15, 0.2) is 28.8 Å². The Balaban J connectivity index is 1.70. The van der Waals surface area contributed by atoms with E-state index in [-0.39, 0.29) is 52.9 Å². The van der Waals surface area contributed by atoms with E-state index in [0.717, 1.165) is 12.8 Å². The van der Waals surface area contributed by atoms with E-state index in [9.17, 15) is 14.0 Å². The second-order valence-corrected chi connectivity index (χ2v) is 7.17. The molecule has 1 aliphatic carbocycles. The van der Waals surface area contributed by atoms with E-state index in [1.807, 2.05) is 5.32 Å². The van der Waals surface area contributed by atoms with Gasteiger partial charge in [-0.05, 0) is 25.0 Å². The van der Waals surface area contributed by atoms with Crippen LogP contribution in [0.1, 0.15) is 33.3 Å². The molecule has 3 aromatic rings. The number of alkyl halides is 1. The first-order valence-corrected chi connectivity index (χ1v) is 10.0. The molecule has 3 N–H and O–H groups in total. The molecule has 0 atom stereocenters. The molecule has 2 aromatic heterocycles. The SMILES string of the molecule is [2H]C([2H])([2H])NC(=O)c1nnc(NC(=O)C2CC2)cc1Nc1cccc(-c2noc(CCF)n2)c1OC. The first kappa shape index (κ1) is 18.5. The van der Waals surface area contributed by atoms with Crippen LogP contribution in [0.4, 0.5) is 21.6 Å². The molecule has 0 unspecified atom stereocenters.